The summed E-state index contributed by atoms with van der Waals surface area (Å²) in [7, 11) is 1.37. The van der Waals surface area contributed by atoms with Gasteiger partial charge in [-0.3, -0.25) is 19.6 Å². The van der Waals surface area contributed by atoms with E-state index in [-0.39, 0.29) is 18.6 Å². The largest absolute Gasteiger partial charge is 0.481 e. The second-order valence-electron chi connectivity index (χ2n) is 11.6. The summed E-state index contributed by atoms with van der Waals surface area (Å²) in [5, 5.41) is 18.0. The van der Waals surface area contributed by atoms with E-state index >= 15 is 0 Å². The molecule has 3 aromatic rings. The van der Waals surface area contributed by atoms with Crippen molar-refractivity contribution in [2.24, 2.45) is 10.4 Å². The number of benzene rings is 1. The lowest BCUT2D eigenvalue weighted by molar-refractivity contribution is -0.146. The van der Waals surface area contributed by atoms with Crippen molar-refractivity contribution in [3.63, 3.8) is 0 Å². The summed E-state index contributed by atoms with van der Waals surface area (Å²) < 4.78 is 5.02. The molecule has 2 N–H and O–H groups in total. The Labute approximate surface area is 262 Å². The fourth-order valence-corrected chi connectivity index (χ4v) is 7.05. The van der Waals surface area contributed by atoms with Crippen LogP contribution in [-0.4, -0.2) is 101 Å². The summed E-state index contributed by atoms with van der Waals surface area (Å²) in [5.41, 5.74) is 3.02. The standard InChI is InChI=1S/C30H33N7O5S2/c1-30(2,27(39)40)12-18-4-6-19(7-5-18)23-17-44-28(34-23)37-15-20-14-35(9-10-36(20)29(37)41)16-22-21(26(38)42-3)13-32-24(33-22)25-31-8-11-43-25/h4-8,11,17,20H,9-10,12-16H2,1-3H3,(H,32,33)(H,39,40)/t20-/m0/s1. The number of rotatable bonds is 9. The molecule has 1 atom stereocenters. The quantitative estimate of drug-likeness (QED) is 0.339. The van der Waals surface area contributed by atoms with Crippen LogP contribution in [0.25, 0.3) is 11.3 Å². The van der Waals surface area contributed by atoms with Crippen LogP contribution in [0.5, 0.6) is 0 Å². The van der Waals surface area contributed by atoms with E-state index in [2.05, 4.69) is 20.2 Å². The Balaban J connectivity index is 1.11. The maximum absolute atomic E-state index is 13.4. The van der Waals surface area contributed by atoms with Gasteiger partial charge < -0.3 is 20.1 Å². The van der Waals surface area contributed by atoms with E-state index in [1.807, 2.05) is 39.9 Å². The van der Waals surface area contributed by atoms with Gasteiger partial charge in [0.15, 0.2) is 16.0 Å². The molecule has 0 unspecified atom stereocenters. The number of carbonyl (C=O) groups excluding carboxylic acids is 2. The van der Waals surface area contributed by atoms with E-state index in [9.17, 15) is 19.5 Å². The van der Waals surface area contributed by atoms with Gasteiger partial charge in [-0.25, -0.2) is 19.6 Å². The predicted molar refractivity (Wildman–Crippen MR) is 168 cm³/mol. The van der Waals surface area contributed by atoms with Gasteiger partial charge >= 0.3 is 18.0 Å². The zero-order valence-corrected chi connectivity index (χ0v) is 26.3. The molecule has 14 heteroatoms. The average molecular weight is 636 g/mol. The smallest absolute Gasteiger partial charge is 0.337 e. The van der Waals surface area contributed by atoms with Gasteiger partial charge in [0.25, 0.3) is 0 Å². The number of urea groups is 1. The van der Waals surface area contributed by atoms with Crippen LogP contribution in [0.4, 0.5) is 9.93 Å². The SMILES string of the molecule is COC(=O)C1=C(CN2CCN3C(=O)N(c4nc(-c5ccc(CC(C)(C)C(=O)O)cc5)cs4)C[C@@H]3C2)NC(c2nccs2)=NC1. The number of thiazole rings is 2. The molecular weight excluding hydrogens is 603 g/mol. The Morgan fingerprint density at radius 2 is 1.95 bits per heavy atom. The highest BCUT2D eigenvalue weighted by atomic mass is 32.1. The topological polar surface area (TPSA) is 141 Å². The summed E-state index contributed by atoms with van der Waals surface area (Å²) in [6.07, 6.45) is 2.15. The number of aliphatic carboxylic acids is 1. The molecule has 12 nitrogen and oxygen atoms in total. The molecule has 44 heavy (non-hydrogen) atoms. The molecule has 3 aliphatic rings. The second kappa shape index (κ2) is 12.1. The molecule has 230 valence electrons. The first-order chi connectivity index (χ1) is 21.1. The van der Waals surface area contributed by atoms with Crippen LogP contribution in [0.3, 0.4) is 0 Å². The number of piperazine rings is 1. The molecule has 0 bridgehead atoms. The third-order valence-corrected chi connectivity index (χ3v) is 9.76. The van der Waals surface area contributed by atoms with Crippen molar-refractivity contribution in [1.29, 1.82) is 0 Å². The summed E-state index contributed by atoms with van der Waals surface area (Å²) in [4.78, 5) is 57.0. The van der Waals surface area contributed by atoms with E-state index < -0.39 is 17.4 Å². The molecule has 2 amide bonds. The Morgan fingerprint density at radius 1 is 1.16 bits per heavy atom. The normalized spacial score (nSPS) is 19.1. The Hall–Kier alpha value is -4.14. The van der Waals surface area contributed by atoms with Gasteiger partial charge in [0.1, 0.15) is 0 Å². The molecule has 3 aliphatic heterocycles. The minimum absolute atomic E-state index is 0.0154. The number of hydrogen-bond donors (Lipinski definition) is 2. The summed E-state index contributed by atoms with van der Waals surface area (Å²) in [5.74, 6) is -0.597. The van der Waals surface area contributed by atoms with Crippen molar-refractivity contribution in [2.75, 3.05) is 51.3 Å². The highest BCUT2D eigenvalue weighted by molar-refractivity contribution is 7.14. The molecular formula is C30H33N7O5S2. The number of carboxylic acids is 1. The van der Waals surface area contributed by atoms with Crippen molar-refractivity contribution in [2.45, 2.75) is 26.3 Å². The maximum Gasteiger partial charge on any atom is 0.337 e. The van der Waals surface area contributed by atoms with Crippen molar-refractivity contribution in [3.8, 4) is 11.3 Å². The van der Waals surface area contributed by atoms with Gasteiger partial charge in [-0.2, -0.15) is 0 Å². The van der Waals surface area contributed by atoms with Crippen molar-refractivity contribution in [1.82, 2.24) is 25.1 Å². The van der Waals surface area contributed by atoms with Gasteiger partial charge in [-0.15, -0.1) is 22.7 Å². The van der Waals surface area contributed by atoms with Crippen LogP contribution in [0.2, 0.25) is 0 Å². The second-order valence-corrected chi connectivity index (χ2v) is 13.4. The lowest BCUT2D eigenvalue weighted by atomic mass is 9.86. The van der Waals surface area contributed by atoms with E-state index in [1.54, 1.807) is 24.9 Å². The number of ether oxygens (including phenoxy) is 1. The highest BCUT2D eigenvalue weighted by Gasteiger charge is 2.42. The zero-order valence-electron chi connectivity index (χ0n) is 24.6. The summed E-state index contributed by atoms with van der Waals surface area (Å²) in [6, 6.07) is 7.69. The van der Waals surface area contributed by atoms with Gasteiger partial charge in [-0.05, 0) is 25.8 Å². The zero-order chi connectivity index (χ0) is 31.0. The number of carbonyl (C=O) groups is 3. The predicted octanol–water partition coefficient (Wildman–Crippen LogP) is 3.32. The lowest BCUT2D eigenvalue weighted by Gasteiger charge is -2.37. The minimum atomic E-state index is -0.848. The first-order valence-corrected chi connectivity index (χ1v) is 16.0. The van der Waals surface area contributed by atoms with Gasteiger partial charge in [-0.1, -0.05) is 24.3 Å². The van der Waals surface area contributed by atoms with Crippen molar-refractivity contribution < 1.29 is 24.2 Å². The molecule has 0 spiro atoms. The number of fused-ring (bicyclic) bond motifs is 1. The van der Waals surface area contributed by atoms with Crippen LogP contribution in [0.1, 0.15) is 24.4 Å². The number of esters is 1. The molecule has 0 radical (unpaired) electrons. The number of amidine groups is 1. The molecule has 0 saturated carbocycles. The number of amides is 2. The van der Waals surface area contributed by atoms with Crippen LogP contribution >= 0.6 is 22.7 Å². The average Bonchev–Trinajstić information content (AvgIpc) is 3.78. The van der Waals surface area contributed by atoms with E-state index in [1.165, 1.54) is 29.8 Å². The minimum Gasteiger partial charge on any atom is -0.481 e. The lowest BCUT2D eigenvalue weighted by Crippen LogP contribution is -2.53. The number of nitrogens with zero attached hydrogens (tertiary/aromatic N) is 6. The number of anilines is 1. The van der Waals surface area contributed by atoms with Gasteiger partial charge in [0, 0.05) is 54.4 Å². The fraction of sp³-hybridized carbons (Fsp3) is 0.400. The Bertz CT molecular complexity index is 1630. The number of aromatic nitrogens is 2. The number of nitrogens with one attached hydrogen (secondary N) is 1. The molecule has 0 aliphatic carbocycles. The van der Waals surface area contributed by atoms with Crippen LogP contribution in [0, 0.1) is 5.41 Å². The van der Waals surface area contributed by atoms with E-state index in [4.69, 9.17) is 9.72 Å². The first kappa shape index (κ1) is 29.9. The van der Waals surface area contributed by atoms with Gasteiger partial charge in [0.05, 0.1) is 42.9 Å². The van der Waals surface area contributed by atoms with E-state index in [0.29, 0.717) is 55.7 Å². The third-order valence-electron chi connectivity index (χ3n) is 8.11. The number of methoxy groups -OCH3 is 1. The maximum atomic E-state index is 13.4. The summed E-state index contributed by atoms with van der Waals surface area (Å²) in [6.45, 7) is 6.55. The number of hydrogen-bond acceptors (Lipinski definition) is 11. The molecule has 1 aromatic carbocycles. The molecule has 6 rings (SSSR count). The van der Waals surface area contributed by atoms with Crippen LogP contribution in [-0.2, 0) is 20.7 Å². The number of aliphatic imine (C=N–C) groups is 1. The van der Waals surface area contributed by atoms with Crippen molar-refractivity contribution >= 4 is 51.6 Å². The molecule has 2 saturated heterocycles. The molecule has 2 fully saturated rings. The van der Waals surface area contributed by atoms with Crippen LogP contribution < -0.4 is 10.2 Å². The highest BCUT2D eigenvalue weighted by Crippen LogP contribution is 2.33. The Morgan fingerprint density at radius 3 is 2.66 bits per heavy atom. The fourth-order valence-electron chi connectivity index (χ4n) is 5.62. The van der Waals surface area contributed by atoms with Gasteiger partial charge in [0.2, 0.25) is 0 Å². The summed E-state index contributed by atoms with van der Waals surface area (Å²) >= 11 is 2.91. The first-order valence-electron chi connectivity index (χ1n) is 14.2. The molecule has 2 aromatic heterocycles. The third kappa shape index (κ3) is 5.97. The Kier molecular flexibility index (Phi) is 8.22. The van der Waals surface area contributed by atoms with Crippen LogP contribution in [0.15, 0.2) is 57.5 Å². The molecule has 5 heterocycles. The number of carboxylic acid groups (broad SMARTS) is 1. The van der Waals surface area contributed by atoms with Crippen molar-refractivity contribution in [3.05, 3.63) is 63.1 Å². The monoisotopic (exact) mass is 635 g/mol. The van der Waals surface area contributed by atoms with E-state index in [0.717, 1.165) is 27.5 Å².